The van der Waals surface area contributed by atoms with Crippen molar-refractivity contribution in [1.29, 1.82) is 0 Å². The second kappa shape index (κ2) is 13.7. The second-order valence-corrected chi connectivity index (χ2v) is 12.0. The smallest absolute Gasteiger partial charge is 0.254 e. The predicted molar refractivity (Wildman–Crippen MR) is 182 cm³/mol. The largest absolute Gasteiger partial charge is 0.481 e. The molecule has 1 aromatic carbocycles. The number of carbonyl (C=O) groups is 1. The monoisotopic (exact) mass is 671 g/mol. The fourth-order valence-electron chi connectivity index (χ4n) is 5.44. The van der Waals surface area contributed by atoms with Crippen molar-refractivity contribution < 1.29 is 9.53 Å². The van der Waals surface area contributed by atoms with Crippen LogP contribution < -0.4 is 26.7 Å². The maximum absolute atomic E-state index is 13.8. The van der Waals surface area contributed by atoms with Gasteiger partial charge < -0.3 is 21.1 Å². The van der Waals surface area contributed by atoms with Crippen LogP contribution in [0.5, 0.6) is 5.88 Å². The quantitative estimate of drug-likeness (QED) is 0.185. The molecular weight excluding hydrogens is 641 g/mol. The van der Waals surface area contributed by atoms with Crippen molar-refractivity contribution in [2.24, 2.45) is 11.7 Å². The summed E-state index contributed by atoms with van der Waals surface area (Å²) in [5, 5.41) is 11.4. The number of carbonyl (C=O) groups excluding carboxylic acids is 1. The number of hydrogen-bond donors (Lipinski definition) is 3. The molecule has 0 aliphatic carbocycles. The van der Waals surface area contributed by atoms with Gasteiger partial charge in [-0.25, -0.2) is 14.6 Å². The number of rotatable bonds is 6. The fraction of sp³-hybridized carbons (Fsp3) is 0.212. The fourth-order valence-corrected chi connectivity index (χ4v) is 5.67. The average Bonchev–Trinajstić information content (AvgIpc) is 3.49. The zero-order chi connectivity index (χ0) is 33.1. The summed E-state index contributed by atoms with van der Waals surface area (Å²) in [5.74, 6) is 0.0648. The van der Waals surface area contributed by atoms with E-state index in [9.17, 15) is 9.59 Å². The Morgan fingerprint density at radius 1 is 1.11 bits per heavy atom. The van der Waals surface area contributed by atoms with Crippen molar-refractivity contribution in [3.63, 3.8) is 0 Å². The molecule has 0 fully saturated rings. The Morgan fingerprint density at radius 2 is 1.96 bits per heavy atom. The minimum absolute atomic E-state index is 0.0648. The summed E-state index contributed by atoms with van der Waals surface area (Å²) in [6.45, 7) is 1.89. The van der Waals surface area contributed by atoms with Crippen molar-refractivity contribution in [1.82, 2.24) is 29.3 Å². The molecule has 4 aromatic heterocycles. The van der Waals surface area contributed by atoms with Crippen LogP contribution >= 0.6 is 23.2 Å². The van der Waals surface area contributed by atoms with Gasteiger partial charge in [0, 0.05) is 52.3 Å². The van der Waals surface area contributed by atoms with Crippen molar-refractivity contribution in [2.45, 2.75) is 32.2 Å². The number of ether oxygens (including phenoxy) is 1. The standard InChI is InChI=1S/C33H31Cl2N9O3/c1-19-4-3-5-28(43-18-40-25(14-31(43)45)23-13-21(34)6-8-24(23)38-16-29(35)36)26-12-20(10-11-37-26)32-27(41-33(19)46)17-44(42-32)22-7-9-30(47-2)39-15-22/h6-19,28,38H,3-5,36H2,1-2H3,(H,41,46)/b29-16-. The third-order valence-electron chi connectivity index (χ3n) is 7.92. The number of halogens is 2. The highest BCUT2D eigenvalue weighted by atomic mass is 35.5. The van der Waals surface area contributed by atoms with Crippen LogP contribution in [0.1, 0.15) is 37.9 Å². The number of nitrogens with zero attached hydrogens (tertiary/aromatic N) is 6. The lowest BCUT2D eigenvalue weighted by atomic mass is 9.97. The molecule has 0 radical (unpaired) electrons. The van der Waals surface area contributed by atoms with E-state index in [4.69, 9.17) is 38.8 Å². The van der Waals surface area contributed by atoms with E-state index >= 15 is 0 Å². The summed E-state index contributed by atoms with van der Waals surface area (Å²) < 4.78 is 8.41. The minimum Gasteiger partial charge on any atom is -0.481 e. The van der Waals surface area contributed by atoms with E-state index in [-0.39, 0.29) is 22.5 Å². The number of benzene rings is 1. The van der Waals surface area contributed by atoms with E-state index in [1.54, 1.807) is 59.2 Å². The lowest BCUT2D eigenvalue weighted by Gasteiger charge is -2.22. The van der Waals surface area contributed by atoms with E-state index in [2.05, 4.69) is 25.6 Å². The van der Waals surface area contributed by atoms with E-state index < -0.39 is 6.04 Å². The summed E-state index contributed by atoms with van der Waals surface area (Å²) in [4.78, 5) is 40.7. The molecule has 14 heteroatoms. The molecule has 2 unspecified atom stereocenters. The van der Waals surface area contributed by atoms with Crippen LogP contribution in [0, 0.1) is 5.92 Å². The molecule has 1 amide bonds. The van der Waals surface area contributed by atoms with Crippen LogP contribution in [0.25, 0.3) is 28.2 Å². The molecule has 0 saturated heterocycles. The first-order chi connectivity index (χ1) is 22.7. The molecule has 5 heterocycles. The van der Waals surface area contributed by atoms with Gasteiger partial charge in [-0.2, -0.15) is 5.10 Å². The molecule has 2 bridgehead atoms. The number of nitrogens with one attached hydrogen (secondary N) is 2. The van der Waals surface area contributed by atoms with E-state index in [0.29, 0.717) is 69.9 Å². The average molecular weight is 673 g/mol. The van der Waals surface area contributed by atoms with Crippen LogP contribution in [-0.2, 0) is 4.79 Å². The van der Waals surface area contributed by atoms with Crippen molar-refractivity contribution in [3.05, 3.63) is 106 Å². The molecule has 240 valence electrons. The molecule has 0 spiro atoms. The Bertz CT molecular complexity index is 2020. The molecule has 12 nitrogen and oxygen atoms in total. The van der Waals surface area contributed by atoms with E-state index in [0.717, 1.165) is 5.56 Å². The molecule has 0 saturated carbocycles. The summed E-state index contributed by atoms with van der Waals surface area (Å²) >= 11 is 12.1. The first kappa shape index (κ1) is 31.8. The normalized spacial score (nSPS) is 16.8. The highest BCUT2D eigenvalue weighted by Crippen LogP contribution is 2.34. The molecule has 4 N–H and O–H groups in total. The molecule has 1 aliphatic rings. The Kier molecular flexibility index (Phi) is 9.23. The van der Waals surface area contributed by atoms with Crippen LogP contribution in [0.3, 0.4) is 0 Å². The zero-order valence-electron chi connectivity index (χ0n) is 25.5. The minimum atomic E-state index is -0.453. The summed E-state index contributed by atoms with van der Waals surface area (Å²) in [6.07, 6.45) is 9.85. The molecular formula is C33H31Cl2N9O3. The van der Waals surface area contributed by atoms with Crippen LogP contribution in [0.15, 0.2) is 89.6 Å². The lowest BCUT2D eigenvalue weighted by Crippen LogP contribution is -2.27. The molecule has 6 rings (SSSR count). The Morgan fingerprint density at radius 3 is 2.70 bits per heavy atom. The van der Waals surface area contributed by atoms with Gasteiger partial charge in [-0.3, -0.25) is 19.1 Å². The van der Waals surface area contributed by atoms with Gasteiger partial charge in [0.15, 0.2) is 0 Å². The third kappa shape index (κ3) is 6.98. The van der Waals surface area contributed by atoms with Crippen LogP contribution in [-0.4, -0.2) is 42.3 Å². The van der Waals surface area contributed by atoms with Gasteiger partial charge in [-0.1, -0.05) is 36.5 Å². The van der Waals surface area contributed by atoms with Crippen LogP contribution in [0.4, 0.5) is 11.4 Å². The van der Waals surface area contributed by atoms with Gasteiger partial charge in [-0.05, 0) is 49.2 Å². The number of pyridine rings is 2. The SMILES string of the molecule is COc1ccc(-n2cc3c(n2)-c2ccnc(c2)C(n2cnc(-c4cc(Cl)ccc4N/C=C(\N)Cl)cc2=O)CCCC(C)C(=O)N3)cn1. The van der Waals surface area contributed by atoms with Crippen molar-refractivity contribution >= 4 is 40.5 Å². The maximum Gasteiger partial charge on any atom is 0.254 e. The Balaban J connectivity index is 1.41. The highest BCUT2D eigenvalue weighted by Gasteiger charge is 2.24. The van der Waals surface area contributed by atoms with Gasteiger partial charge in [-0.15, -0.1) is 0 Å². The van der Waals surface area contributed by atoms with Gasteiger partial charge in [0.2, 0.25) is 11.8 Å². The van der Waals surface area contributed by atoms with Gasteiger partial charge in [0.05, 0.1) is 54.6 Å². The van der Waals surface area contributed by atoms with Crippen molar-refractivity contribution in [2.75, 3.05) is 17.7 Å². The molecule has 1 aliphatic heterocycles. The lowest BCUT2D eigenvalue weighted by molar-refractivity contribution is -0.119. The number of anilines is 2. The Hall–Kier alpha value is -5.20. The number of methoxy groups -OCH3 is 1. The number of fused-ring (bicyclic) bond motifs is 4. The summed E-state index contributed by atoms with van der Waals surface area (Å²) in [6, 6.07) is 13.5. The second-order valence-electron chi connectivity index (χ2n) is 11.1. The number of nitrogens with two attached hydrogens (primary N) is 1. The molecule has 2 atom stereocenters. The van der Waals surface area contributed by atoms with Gasteiger partial charge >= 0.3 is 0 Å². The highest BCUT2D eigenvalue weighted by molar-refractivity contribution is 6.31. The van der Waals surface area contributed by atoms with E-state index in [1.807, 2.05) is 25.1 Å². The molecule has 47 heavy (non-hydrogen) atoms. The Labute approximate surface area is 280 Å². The first-order valence-electron chi connectivity index (χ1n) is 14.8. The van der Waals surface area contributed by atoms with Crippen LogP contribution in [0.2, 0.25) is 5.02 Å². The topological polar surface area (TPSA) is 155 Å². The number of aromatic nitrogens is 6. The molecule has 5 aromatic rings. The summed E-state index contributed by atoms with van der Waals surface area (Å²) in [5.41, 5.74) is 10.1. The third-order valence-corrected chi connectivity index (χ3v) is 8.26. The number of amides is 1. The van der Waals surface area contributed by atoms with Gasteiger partial charge in [0.1, 0.15) is 10.9 Å². The van der Waals surface area contributed by atoms with E-state index in [1.165, 1.54) is 18.6 Å². The number of hydrogen-bond acceptors (Lipinski definition) is 9. The van der Waals surface area contributed by atoms with Gasteiger partial charge in [0.25, 0.3) is 5.56 Å². The zero-order valence-corrected chi connectivity index (χ0v) is 27.0. The first-order valence-corrected chi connectivity index (χ1v) is 15.6. The van der Waals surface area contributed by atoms with Crippen molar-refractivity contribution in [3.8, 4) is 34.1 Å². The maximum atomic E-state index is 13.8. The summed E-state index contributed by atoms with van der Waals surface area (Å²) in [7, 11) is 1.55. The predicted octanol–water partition coefficient (Wildman–Crippen LogP) is 5.97.